The van der Waals surface area contributed by atoms with Gasteiger partial charge in [0.05, 0.1) is 5.69 Å². The van der Waals surface area contributed by atoms with Crippen LogP contribution in [0.5, 0.6) is 0 Å². The smallest absolute Gasteiger partial charge is 0.274 e. The molecule has 3 aromatic rings. The van der Waals surface area contributed by atoms with Crippen molar-refractivity contribution in [1.82, 2.24) is 9.88 Å². The number of benzene rings is 2. The van der Waals surface area contributed by atoms with Crippen molar-refractivity contribution in [1.29, 1.82) is 5.41 Å². The van der Waals surface area contributed by atoms with E-state index in [1.54, 1.807) is 4.57 Å². The van der Waals surface area contributed by atoms with Crippen LogP contribution in [0.3, 0.4) is 0 Å². The fraction of sp³-hybridized carbons (Fsp3) is 0.217. The number of nitrogens with one attached hydrogen (secondary N) is 3. The van der Waals surface area contributed by atoms with E-state index in [9.17, 15) is 4.79 Å². The van der Waals surface area contributed by atoms with E-state index >= 15 is 0 Å². The van der Waals surface area contributed by atoms with Gasteiger partial charge in [-0.2, -0.15) is 0 Å². The average Bonchev–Trinajstić information content (AvgIpc) is 2.77. The first kappa shape index (κ1) is 21.3. The van der Waals surface area contributed by atoms with Gasteiger partial charge in [0.2, 0.25) is 0 Å². The molecule has 0 bridgehead atoms. The quantitative estimate of drug-likeness (QED) is 0.201. The molecule has 30 heavy (non-hydrogen) atoms. The van der Waals surface area contributed by atoms with Gasteiger partial charge in [-0.25, -0.2) is 0 Å². The van der Waals surface area contributed by atoms with Crippen LogP contribution in [0.25, 0.3) is 11.3 Å². The molecule has 7 heteroatoms. The van der Waals surface area contributed by atoms with Crippen molar-refractivity contribution in [2.45, 2.75) is 13.1 Å². The normalized spacial score (nSPS) is 10.7. The van der Waals surface area contributed by atoms with E-state index in [1.165, 1.54) is 0 Å². The molecule has 1 aromatic heterocycles. The van der Waals surface area contributed by atoms with Gasteiger partial charge in [-0.05, 0) is 23.3 Å². The Morgan fingerprint density at radius 1 is 0.967 bits per heavy atom. The minimum Gasteiger partial charge on any atom is -0.384 e. The summed E-state index contributed by atoms with van der Waals surface area (Å²) in [7, 11) is 0. The summed E-state index contributed by atoms with van der Waals surface area (Å²) in [6, 6.07) is 21.3. The molecule has 0 aliphatic heterocycles. The fourth-order valence-corrected chi connectivity index (χ4v) is 3.23. The highest BCUT2D eigenvalue weighted by Crippen LogP contribution is 2.19. The van der Waals surface area contributed by atoms with E-state index in [2.05, 4.69) is 10.6 Å². The van der Waals surface area contributed by atoms with Gasteiger partial charge in [0.15, 0.2) is 0 Å². The summed E-state index contributed by atoms with van der Waals surface area (Å²) in [5, 5.41) is 13.9. The molecule has 7 N–H and O–H groups in total. The molecule has 1 heterocycles. The van der Waals surface area contributed by atoms with Crippen molar-refractivity contribution in [3.8, 4) is 11.3 Å². The number of hydrogen-bond acceptors (Lipinski definition) is 5. The molecule has 7 nitrogen and oxygen atoms in total. The third kappa shape index (κ3) is 5.34. The molecule has 2 aromatic carbocycles. The van der Waals surface area contributed by atoms with E-state index < -0.39 is 0 Å². The van der Waals surface area contributed by atoms with Crippen LogP contribution < -0.4 is 27.7 Å². The molecule has 156 valence electrons. The number of hydrogen-bond donors (Lipinski definition) is 5. The molecule has 0 saturated carbocycles. The van der Waals surface area contributed by atoms with Crippen LogP contribution >= 0.6 is 0 Å². The molecule has 0 amide bonds. The van der Waals surface area contributed by atoms with E-state index in [4.69, 9.17) is 16.9 Å². The highest BCUT2D eigenvalue weighted by Gasteiger charge is 2.10. The van der Waals surface area contributed by atoms with Crippen molar-refractivity contribution >= 4 is 11.5 Å². The third-order valence-electron chi connectivity index (χ3n) is 4.81. The Kier molecular flexibility index (Phi) is 7.37. The van der Waals surface area contributed by atoms with Crippen molar-refractivity contribution in [2.75, 3.05) is 25.0 Å². The predicted octanol–water partition coefficient (Wildman–Crippen LogP) is 1.96. The molecule has 0 radical (unpaired) electrons. The number of amidine groups is 1. The zero-order chi connectivity index (χ0) is 21.3. The first-order chi connectivity index (χ1) is 14.6. The van der Waals surface area contributed by atoms with Gasteiger partial charge in [0.25, 0.3) is 5.56 Å². The number of nitrogen functional groups attached to an aromatic ring is 1. The summed E-state index contributed by atoms with van der Waals surface area (Å²) in [4.78, 5) is 13.0. The Hall–Kier alpha value is -3.42. The van der Waals surface area contributed by atoms with Crippen LogP contribution in [-0.2, 0) is 13.1 Å². The van der Waals surface area contributed by atoms with Crippen LogP contribution in [0.2, 0.25) is 0 Å². The standard InChI is InChI=1S/C23H28N6O/c24-12-13-28-20-10-11-21(18-4-2-1-3-5-18)29(23(20)30)15-14-27-16-17-6-8-19(9-7-17)22(25)26/h1-11,27-28H,12-16,24H2,(H3,25,26). The van der Waals surface area contributed by atoms with Gasteiger partial charge in [0, 0.05) is 38.3 Å². The van der Waals surface area contributed by atoms with Gasteiger partial charge in [-0.1, -0.05) is 54.6 Å². The lowest BCUT2D eigenvalue weighted by Gasteiger charge is -2.16. The van der Waals surface area contributed by atoms with Crippen LogP contribution in [0, 0.1) is 5.41 Å². The molecule has 0 aliphatic rings. The number of pyridine rings is 1. The van der Waals surface area contributed by atoms with Gasteiger partial charge < -0.3 is 26.7 Å². The number of aromatic nitrogens is 1. The monoisotopic (exact) mass is 404 g/mol. The van der Waals surface area contributed by atoms with Gasteiger partial charge in [0.1, 0.15) is 11.5 Å². The predicted molar refractivity (Wildman–Crippen MR) is 123 cm³/mol. The number of anilines is 1. The second-order valence-electron chi connectivity index (χ2n) is 6.96. The number of nitrogens with zero attached hydrogens (tertiary/aromatic N) is 1. The second-order valence-corrected chi connectivity index (χ2v) is 6.96. The van der Waals surface area contributed by atoms with E-state index in [1.807, 2.05) is 66.7 Å². The van der Waals surface area contributed by atoms with Crippen LogP contribution in [0.15, 0.2) is 71.5 Å². The maximum absolute atomic E-state index is 13.0. The average molecular weight is 405 g/mol. The first-order valence-electron chi connectivity index (χ1n) is 9.97. The highest BCUT2D eigenvalue weighted by molar-refractivity contribution is 5.94. The van der Waals surface area contributed by atoms with Crippen LogP contribution in [0.4, 0.5) is 5.69 Å². The van der Waals surface area contributed by atoms with E-state index in [0.717, 1.165) is 16.8 Å². The third-order valence-corrected chi connectivity index (χ3v) is 4.81. The number of nitrogens with two attached hydrogens (primary N) is 2. The summed E-state index contributed by atoms with van der Waals surface area (Å²) in [5.41, 5.74) is 15.2. The zero-order valence-corrected chi connectivity index (χ0v) is 16.9. The molecular weight excluding hydrogens is 376 g/mol. The summed E-state index contributed by atoms with van der Waals surface area (Å²) < 4.78 is 1.79. The molecule has 0 unspecified atom stereocenters. The van der Waals surface area contributed by atoms with E-state index in [-0.39, 0.29) is 11.4 Å². The molecular formula is C23H28N6O. The Morgan fingerprint density at radius 2 is 1.70 bits per heavy atom. The Morgan fingerprint density at radius 3 is 2.37 bits per heavy atom. The Balaban J connectivity index is 1.72. The SMILES string of the molecule is N=C(N)c1ccc(CNCCn2c(-c3ccccc3)ccc(NCCN)c2=O)cc1. The lowest BCUT2D eigenvalue weighted by Crippen LogP contribution is -2.30. The highest BCUT2D eigenvalue weighted by atomic mass is 16.1. The van der Waals surface area contributed by atoms with Crippen LogP contribution in [0.1, 0.15) is 11.1 Å². The van der Waals surface area contributed by atoms with E-state index in [0.29, 0.717) is 44.0 Å². The Labute approximate surface area is 176 Å². The van der Waals surface area contributed by atoms with Gasteiger partial charge >= 0.3 is 0 Å². The topological polar surface area (TPSA) is 122 Å². The molecule has 0 saturated heterocycles. The maximum atomic E-state index is 13.0. The fourth-order valence-electron chi connectivity index (χ4n) is 3.23. The maximum Gasteiger partial charge on any atom is 0.274 e. The molecule has 0 atom stereocenters. The summed E-state index contributed by atoms with van der Waals surface area (Å²) in [5.74, 6) is 0.0606. The summed E-state index contributed by atoms with van der Waals surface area (Å²) in [6.07, 6.45) is 0. The molecule has 0 fully saturated rings. The minimum absolute atomic E-state index is 0.0579. The molecule has 3 rings (SSSR count). The van der Waals surface area contributed by atoms with Gasteiger partial charge in [-0.15, -0.1) is 0 Å². The zero-order valence-electron chi connectivity index (χ0n) is 16.9. The summed E-state index contributed by atoms with van der Waals surface area (Å²) >= 11 is 0. The minimum atomic E-state index is -0.0579. The lowest BCUT2D eigenvalue weighted by atomic mass is 10.1. The molecule has 0 aliphatic carbocycles. The summed E-state index contributed by atoms with van der Waals surface area (Å²) in [6.45, 7) is 2.85. The van der Waals surface area contributed by atoms with Crippen molar-refractivity contribution in [3.05, 3.63) is 88.2 Å². The first-order valence-corrected chi connectivity index (χ1v) is 9.97. The lowest BCUT2D eigenvalue weighted by molar-refractivity contribution is 0.589. The van der Waals surface area contributed by atoms with Gasteiger partial charge in [-0.3, -0.25) is 10.2 Å². The number of rotatable bonds is 10. The van der Waals surface area contributed by atoms with Crippen molar-refractivity contribution in [3.63, 3.8) is 0 Å². The van der Waals surface area contributed by atoms with Crippen molar-refractivity contribution in [2.24, 2.45) is 11.5 Å². The van der Waals surface area contributed by atoms with Crippen molar-refractivity contribution < 1.29 is 0 Å². The molecule has 0 spiro atoms. The largest absolute Gasteiger partial charge is 0.384 e. The van der Waals surface area contributed by atoms with Crippen LogP contribution in [-0.4, -0.2) is 30.0 Å². The second kappa shape index (κ2) is 10.4. The Bertz CT molecular complexity index is 1030.